The maximum atomic E-state index is 12.3. The molecule has 1 radical (unpaired) electrons. The SMILES string of the molecule is O=C([O-])c1ccc(Cl)c(S(=O)(=O)Nc2ccc(Br)cc2)c1.[K]. The number of carboxylic acids is 1. The van der Waals surface area contributed by atoms with E-state index in [4.69, 9.17) is 11.6 Å². The molecular formula is C13H8BrClKNO4S-. The van der Waals surface area contributed by atoms with Gasteiger partial charge < -0.3 is 9.90 Å². The van der Waals surface area contributed by atoms with Crippen molar-refractivity contribution in [1.82, 2.24) is 0 Å². The van der Waals surface area contributed by atoms with Crippen LogP contribution in [-0.2, 0) is 10.0 Å². The molecule has 2 rings (SSSR count). The van der Waals surface area contributed by atoms with Crippen molar-refractivity contribution in [1.29, 1.82) is 0 Å². The average Bonchev–Trinajstić information content (AvgIpc) is 2.41. The molecule has 0 saturated carbocycles. The molecule has 5 nitrogen and oxygen atoms in total. The molecule has 1 N–H and O–H groups in total. The molecule has 0 spiro atoms. The van der Waals surface area contributed by atoms with Gasteiger partial charge in [0.1, 0.15) is 4.90 Å². The molecule has 111 valence electrons. The van der Waals surface area contributed by atoms with E-state index >= 15 is 0 Å². The van der Waals surface area contributed by atoms with Crippen molar-refractivity contribution < 1.29 is 18.3 Å². The Morgan fingerprint density at radius 3 is 2.27 bits per heavy atom. The van der Waals surface area contributed by atoms with E-state index in [1.165, 1.54) is 12.1 Å². The molecule has 0 heterocycles. The third-order valence-corrected chi connectivity index (χ3v) is 4.94. The van der Waals surface area contributed by atoms with Crippen LogP contribution in [0, 0.1) is 0 Å². The minimum Gasteiger partial charge on any atom is -0.545 e. The van der Waals surface area contributed by atoms with Crippen molar-refractivity contribution in [3.05, 3.63) is 57.5 Å². The van der Waals surface area contributed by atoms with Gasteiger partial charge in [-0.2, -0.15) is 0 Å². The van der Waals surface area contributed by atoms with Crippen LogP contribution in [0.4, 0.5) is 5.69 Å². The molecule has 2 aromatic carbocycles. The third-order valence-electron chi connectivity index (χ3n) is 2.55. The Bertz CT molecular complexity index is 796. The molecule has 0 aliphatic carbocycles. The normalized spacial score (nSPS) is 10.6. The van der Waals surface area contributed by atoms with Crippen LogP contribution in [-0.4, -0.2) is 65.8 Å². The van der Waals surface area contributed by atoms with Gasteiger partial charge in [-0.3, -0.25) is 4.72 Å². The van der Waals surface area contributed by atoms with E-state index in [9.17, 15) is 18.3 Å². The summed E-state index contributed by atoms with van der Waals surface area (Å²) >= 11 is 9.07. The smallest absolute Gasteiger partial charge is 0.263 e. The fourth-order valence-electron chi connectivity index (χ4n) is 1.56. The summed E-state index contributed by atoms with van der Waals surface area (Å²) in [6, 6.07) is 9.77. The van der Waals surface area contributed by atoms with E-state index in [0.717, 1.165) is 10.5 Å². The topological polar surface area (TPSA) is 86.3 Å². The Labute approximate surface area is 183 Å². The van der Waals surface area contributed by atoms with E-state index in [0.29, 0.717) is 5.69 Å². The van der Waals surface area contributed by atoms with E-state index in [1.807, 2.05) is 0 Å². The first-order valence-electron chi connectivity index (χ1n) is 5.59. The third kappa shape index (κ3) is 5.03. The predicted octanol–water partition coefficient (Wildman–Crippen LogP) is 1.89. The molecule has 0 aliphatic heterocycles. The number of carbonyl (C=O) groups is 1. The number of halogens is 2. The summed E-state index contributed by atoms with van der Waals surface area (Å²) < 4.78 is 27.6. The van der Waals surface area contributed by atoms with Crippen molar-refractivity contribution in [3.8, 4) is 0 Å². The first-order chi connectivity index (χ1) is 9.79. The molecular weight excluding hydrogens is 421 g/mol. The Morgan fingerprint density at radius 1 is 1.14 bits per heavy atom. The number of benzene rings is 2. The molecule has 0 atom stereocenters. The van der Waals surface area contributed by atoms with E-state index in [2.05, 4.69) is 20.7 Å². The standard InChI is InChI=1S/C13H9BrClNO4S.K/c14-9-2-4-10(5-3-9)16-21(19,20)12-7-8(13(17)18)1-6-11(12)15;/h1-7,16H,(H,17,18);/p-1. The molecule has 0 fully saturated rings. The first-order valence-corrected chi connectivity index (χ1v) is 8.24. The number of hydrogen-bond donors (Lipinski definition) is 1. The van der Waals surface area contributed by atoms with Crippen LogP contribution in [0.1, 0.15) is 10.4 Å². The van der Waals surface area contributed by atoms with Crippen LogP contribution in [0.2, 0.25) is 5.02 Å². The summed E-state index contributed by atoms with van der Waals surface area (Å²) in [5.41, 5.74) is 0.0590. The summed E-state index contributed by atoms with van der Waals surface area (Å²) in [4.78, 5) is 10.5. The van der Waals surface area contributed by atoms with Crippen LogP contribution in [0.5, 0.6) is 0 Å². The van der Waals surface area contributed by atoms with Crippen LogP contribution in [0.15, 0.2) is 51.8 Å². The van der Waals surface area contributed by atoms with Gasteiger partial charge in [0, 0.05) is 61.5 Å². The van der Waals surface area contributed by atoms with Crippen molar-refractivity contribution >= 4 is 101 Å². The molecule has 22 heavy (non-hydrogen) atoms. The van der Waals surface area contributed by atoms with Crippen molar-refractivity contribution in [2.24, 2.45) is 0 Å². The average molecular weight is 429 g/mol. The summed E-state index contributed by atoms with van der Waals surface area (Å²) in [5.74, 6) is -1.48. The van der Waals surface area contributed by atoms with Crippen molar-refractivity contribution in [3.63, 3.8) is 0 Å². The van der Waals surface area contributed by atoms with Gasteiger partial charge in [0.15, 0.2) is 0 Å². The van der Waals surface area contributed by atoms with Gasteiger partial charge in [0.05, 0.1) is 11.0 Å². The van der Waals surface area contributed by atoms with Crippen LogP contribution in [0.25, 0.3) is 0 Å². The van der Waals surface area contributed by atoms with Crippen LogP contribution < -0.4 is 9.83 Å². The van der Waals surface area contributed by atoms with Crippen LogP contribution >= 0.6 is 27.5 Å². The molecule has 0 bridgehead atoms. The maximum absolute atomic E-state index is 12.3. The largest absolute Gasteiger partial charge is 0.545 e. The zero-order chi connectivity index (χ0) is 15.6. The quantitative estimate of drug-likeness (QED) is 0.754. The number of sulfonamides is 1. The minimum absolute atomic E-state index is 0. The van der Waals surface area contributed by atoms with Crippen molar-refractivity contribution in [2.45, 2.75) is 4.90 Å². The van der Waals surface area contributed by atoms with Crippen molar-refractivity contribution in [2.75, 3.05) is 4.72 Å². The molecule has 2 aromatic rings. The molecule has 0 aliphatic rings. The zero-order valence-corrected chi connectivity index (χ0v) is 17.6. The van der Waals surface area contributed by atoms with E-state index < -0.39 is 16.0 Å². The summed E-state index contributed by atoms with van der Waals surface area (Å²) in [6.45, 7) is 0. The molecule has 0 aromatic heterocycles. The number of anilines is 1. The zero-order valence-electron chi connectivity index (χ0n) is 11.3. The number of carboxylic acid groups (broad SMARTS) is 1. The Hall–Kier alpha value is 0.0664. The van der Waals surface area contributed by atoms with E-state index in [-0.39, 0.29) is 66.9 Å². The second-order valence-corrected chi connectivity index (χ2v) is 7.02. The second-order valence-electron chi connectivity index (χ2n) is 4.05. The van der Waals surface area contributed by atoms with Gasteiger partial charge in [-0.25, -0.2) is 8.42 Å². The Morgan fingerprint density at radius 2 is 1.73 bits per heavy atom. The summed E-state index contributed by atoms with van der Waals surface area (Å²) in [5, 5.41) is 10.7. The number of carbonyl (C=O) groups excluding carboxylic acids is 1. The molecule has 0 amide bonds. The number of nitrogens with one attached hydrogen (secondary N) is 1. The number of rotatable bonds is 4. The first kappa shape index (κ1) is 20.1. The van der Waals surface area contributed by atoms with Gasteiger partial charge in [0.25, 0.3) is 10.0 Å². The Kier molecular flexibility index (Phi) is 7.54. The molecule has 0 unspecified atom stereocenters. The summed E-state index contributed by atoms with van der Waals surface area (Å²) in [6.07, 6.45) is 0. The summed E-state index contributed by atoms with van der Waals surface area (Å²) in [7, 11) is -4.00. The second kappa shape index (κ2) is 8.25. The fraction of sp³-hybridized carbons (Fsp3) is 0. The molecule has 0 saturated heterocycles. The van der Waals surface area contributed by atoms with Gasteiger partial charge in [-0.15, -0.1) is 0 Å². The van der Waals surface area contributed by atoms with Gasteiger partial charge in [-0.05, 0) is 42.0 Å². The minimum atomic E-state index is -4.00. The van der Waals surface area contributed by atoms with Gasteiger partial charge in [-0.1, -0.05) is 33.6 Å². The van der Waals surface area contributed by atoms with E-state index in [1.54, 1.807) is 24.3 Å². The van der Waals surface area contributed by atoms with Gasteiger partial charge >= 0.3 is 0 Å². The monoisotopic (exact) mass is 427 g/mol. The maximum Gasteiger partial charge on any atom is 0.263 e. The number of hydrogen-bond acceptors (Lipinski definition) is 4. The Balaban J connectivity index is 0.00000242. The predicted molar refractivity (Wildman–Crippen MR) is 86.5 cm³/mol. The number of aromatic carboxylic acids is 1. The fourth-order valence-corrected chi connectivity index (χ4v) is 3.41. The van der Waals surface area contributed by atoms with Crippen LogP contribution in [0.3, 0.4) is 0 Å². The van der Waals surface area contributed by atoms with Gasteiger partial charge in [0.2, 0.25) is 0 Å². The molecule has 9 heteroatoms.